The van der Waals surface area contributed by atoms with E-state index >= 15 is 0 Å². The van der Waals surface area contributed by atoms with Crippen molar-refractivity contribution in [1.29, 1.82) is 0 Å². The van der Waals surface area contributed by atoms with Crippen LogP contribution in [0.1, 0.15) is 56.9 Å². The Labute approximate surface area is 106 Å². The highest BCUT2D eigenvalue weighted by molar-refractivity contribution is 5.14. The smallest absolute Gasteiger partial charge is 0.0279 e. The fourth-order valence-corrected chi connectivity index (χ4v) is 2.87. The van der Waals surface area contributed by atoms with Crippen LogP contribution in [0.15, 0.2) is 30.3 Å². The normalized spacial score (nSPS) is 17.2. The van der Waals surface area contributed by atoms with E-state index in [0.29, 0.717) is 0 Å². The second-order valence-corrected chi connectivity index (χ2v) is 5.41. The van der Waals surface area contributed by atoms with Gasteiger partial charge in [-0.15, -0.1) is 0 Å². The van der Waals surface area contributed by atoms with E-state index in [1.807, 2.05) is 0 Å². The highest BCUT2D eigenvalue weighted by atomic mass is 14.2. The summed E-state index contributed by atoms with van der Waals surface area (Å²) < 4.78 is 0. The van der Waals surface area contributed by atoms with Crippen molar-refractivity contribution in [2.75, 3.05) is 0 Å². The SMILES string of the molecule is [CH](CCCc1ccccc1)CC1CCCCC1. The van der Waals surface area contributed by atoms with Crippen molar-refractivity contribution in [3.63, 3.8) is 0 Å². The summed E-state index contributed by atoms with van der Waals surface area (Å²) in [6.07, 6.45) is 15.2. The molecule has 0 amide bonds. The first-order chi connectivity index (χ1) is 8.45. The zero-order valence-electron chi connectivity index (χ0n) is 10.9. The molecule has 0 aliphatic heterocycles. The Balaban J connectivity index is 1.51. The van der Waals surface area contributed by atoms with Crippen LogP contribution >= 0.6 is 0 Å². The van der Waals surface area contributed by atoms with Gasteiger partial charge in [0, 0.05) is 0 Å². The van der Waals surface area contributed by atoms with Crippen molar-refractivity contribution < 1.29 is 0 Å². The van der Waals surface area contributed by atoms with E-state index in [1.165, 1.54) is 63.4 Å². The molecule has 0 heteroatoms. The van der Waals surface area contributed by atoms with Crippen molar-refractivity contribution in [3.05, 3.63) is 42.3 Å². The average molecular weight is 229 g/mol. The third kappa shape index (κ3) is 4.93. The van der Waals surface area contributed by atoms with Gasteiger partial charge in [0.05, 0.1) is 0 Å². The molecule has 0 aromatic heterocycles. The first kappa shape index (κ1) is 12.7. The summed E-state index contributed by atoms with van der Waals surface area (Å²) in [5.41, 5.74) is 1.48. The summed E-state index contributed by atoms with van der Waals surface area (Å²) >= 11 is 0. The molecular formula is C17H25. The van der Waals surface area contributed by atoms with Crippen LogP contribution in [0.4, 0.5) is 0 Å². The van der Waals surface area contributed by atoms with Crippen molar-refractivity contribution in [2.45, 2.75) is 57.8 Å². The number of unbranched alkanes of at least 4 members (excludes halogenated alkanes) is 2. The van der Waals surface area contributed by atoms with Crippen LogP contribution in [0.5, 0.6) is 0 Å². The first-order valence-electron chi connectivity index (χ1n) is 7.31. The van der Waals surface area contributed by atoms with Crippen molar-refractivity contribution in [3.8, 4) is 0 Å². The molecule has 0 unspecified atom stereocenters. The fraction of sp³-hybridized carbons (Fsp3) is 0.588. The van der Waals surface area contributed by atoms with E-state index in [4.69, 9.17) is 0 Å². The van der Waals surface area contributed by atoms with Crippen molar-refractivity contribution in [1.82, 2.24) is 0 Å². The van der Waals surface area contributed by atoms with Gasteiger partial charge in [-0.05, 0) is 43.6 Å². The molecule has 0 atom stereocenters. The lowest BCUT2D eigenvalue weighted by Crippen LogP contribution is -2.06. The van der Waals surface area contributed by atoms with E-state index in [9.17, 15) is 0 Å². The molecule has 1 aliphatic rings. The lowest BCUT2D eigenvalue weighted by Gasteiger charge is -2.21. The third-order valence-electron chi connectivity index (χ3n) is 3.94. The molecule has 1 aliphatic carbocycles. The summed E-state index contributed by atoms with van der Waals surface area (Å²) in [5.74, 6) is 1.01. The Morgan fingerprint density at radius 3 is 2.53 bits per heavy atom. The molecule has 93 valence electrons. The van der Waals surface area contributed by atoms with E-state index in [-0.39, 0.29) is 0 Å². The van der Waals surface area contributed by atoms with Crippen molar-refractivity contribution >= 4 is 0 Å². The molecule has 1 aromatic carbocycles. The molecule has 1 aromatic rings. The lowest BCUT2D eigenvalue weighted by molar-refractivity contribution is 0.351. The van der Waals surface area contributed by atoms with Crippen LogP contribution in [0.3, 0.4) is 0 Å². The second kappa shape index (κ2) is 7.53. The van der Waals surface area contributed by atoms with Gasteiger partial charge in [-0.25, -0.2) is 0 Å². The Morgan fingerprint density at radius 1 is 1.00 bits per heavy atom. The first-order valence-corrected chi connectivity index (χ1v) is 7.31. The number of aryl methyl sites for hydroxylation is 1. The predicted octanol–water partition coefficient (Wildman–Crippen LogP) is 5.18. The van der Waals surface area contributed by atoms with Gasteiger partial charge in [0.25, 0.3) is 0 Å². The minimum atomic E-state index is 1.01. The summed E-state index contributed by atoms with van der Waals surface area (Å²) in [4.78, 5) is 0. The van der Waals surface area contributed by atoms with E-state index in [1.54, 1.807) is 0 Å². The van der Waals surface area contributed by atoms with Crippen LogP contribution in [0.25, 0.3) is 0 Å². The minimum Gasteiger partial charge on any atom is -0.0622 e. The Morgan fingerprint density at radius 2 is 1.76 bits per heavy atom. The van der Waals surface area contributed by atoms with Gasteiger partial charge in [-0.3, -0.25) is 0 Å². The number of hydrogen-bond donors (Lipinski definition) is 0. The van der Waals surface area contributed by atoms with Crippen LogP contribution in [-0.4, -0.2) is 0 Å². The minimum absolute atomic E-state index is 1.01. The summed E-state index contributed by atoms with van der Waals surface area (Å²) in [5, 5.41) is 0. The monoisotopic (exact) mass is 229 g/mol. The topological polar surface area (TPSA) is 0 Å². The molecule has 1 fully saturated rings. The number of rotatable bonds is 6. The molecule has 1 saturated carbocycles. The molecule has 0 nitrogen and oxygen atoms in total. The van der Waals surface area contributed by atoms with Gasteiger partial charge in [0.15, 0.2) is 0 Å². The second-order valence-electron chi connectivity index (χ2n) is 5.41. The zero-order valence-corrected chi connectivity index (χ0v) is 10.9. The van der Waals surface area contributed by atoms with E-state index in [0.717, 1.165) is 5.92 Å². The van der Waals surface area contributed by atoms with Gasteiger partial charge in [0.2, 0.25) is 0 Å². The molecule has 0 saturated heterocycles. The highest BCUT2D eigenvalue weighted by Crippen LogP contribution is 2.27. The maximum absolute atomic E-state index is 2.54. The van der Waals surface area contributed by atoms with Gasteiger partial charge in [-0.2, -0.15) is 0 Å². The van der Waals surface area contributed by atoms with Gasteiger partial charge >= 0.3 is 0 Å². The van der Waals surface area contributed by atoms with E-state index < -0.39 is 0 Å². The standard InChI is InChI=1S/C17H25/c1-4-10-16(11-5-1)14-8-3-9-15-17-12-6-2-7-13-17/h1,4-5,9-11,17H,2-3,6-8,12-15H2. The maximum atomic E-state index is 2.54. The van der Waals surface area contributed by atoms with Crippen LogP contribution in [0, 0.1) is 12.3 Å². The highest BCUT2D eigenvalue weighted by Gasteiger charge is 2.12. The predicted molar refractivity (Wildman–Crippen MR) is 74.9 cm³/mol. The largest absolute Gasteiger partial charge is 0.0622 e. The Hall–Kier alpha value is -0.780. The molecule has 17 heavy (non-hydrogen) atoms. The third-order valence-corrected chi connectivity index (χ3v) is 3.94. The molecule has 2 rings (SSSR count). The molecule has 0 N–H and O–H groups in total. The van der Waals surface area contributed by atoms with Gasteiger partial charge in [-0.1, -0.05) is 62.4 Å². The number of hydrogen-bond acceptors (Lipinski definition) is 0. The molecule has 0 spiro atoms. The zero-order chi connectivity index (χ0) is 11.8. The summed E-state index contributed by atoms with van der Waals surface area (Å²) in [6.45, 7) is 0. The molecule has 1 radical (unpaired) electrons. The van der Waals surface area contributed by atoms with Gasteiger partial charge in [0.1, 0.15) is 0 Å². The number of benzene rings is 1. The quantitative estimate of drug-likeness (QED) is 0.589. The summed E-state index contributed by atoms with van der Waals surface area (Å²) in [7, 11) is 0. The Kier molecular flexibility index (Phi) is 5.61. The van der Waals surface area contributed by atoms with Crippen LogP contribution in [-0.2, 0) is 6.42 Å². The molecule has 0 bridgehead atoms. The fourth-order valence-electron chi connectivity index (χ4n) is 2.87. The van der Waals surface area contributed by atoms with E-state index in [2.05, 4.69) is 36.8 Å². The van der Waals surface area contributed by atoms with Crippen LogP contribution < -0.4 is 0 Å². The summed E-state index contributed by atoms with van der Waals surface area (Å²) in [6, 6.07) is 10.9. The molecule has 0 heterocycles. The lowest BCUT2D eigenvalue weighted by atomic mass is 9.85. The maximum Gasteiger partial charge on any atom is -0.0279 e. The average Bonchev–Trinajstić information content (AvgIpc) is 2.41. The van der Waals surface area contributed by atoms with Crippen molar-refractivity contribution in [2.24, 2.45) is 5.92 Å². The Bertz CT molecular complexity index is 282. The van der Waals surface area contributed by atoms with Crippen LogP contribution in [0.2, 0.25) is 0 Å². The molecular weight excluding hydrogens is 204 g/mol. The van der Waals surface area contributed by atoms with Gasteiger partial charge < -0.3 is 0 Å².